The minimum atomic E-state index is 0.263. The summed E-state index contributed by atoms with van der Waals surface area (Å²) in [4.78, 5) is 2.70. The molecule has 1 N–H and O–H groups in total. The molecule has 3 fully saturated rings. The van der Waals surface area contributed by atoms with Crippen molar-refractivity contribution in [3.63, 3.8) is 0 Å². The van der Waals surface area contributed by atoms with Gasteiger partial charge in [-0.1, -0.05) is 33.1 Å². The monoisotopic (exact) mass is 296 g/mol. The fourth-order valence-corrected chi connectivity index (χ4v) is 4.34. The molecule has 2 unspecified atom stereocenters. The largest absolute Gasteiger partial charge is 0.376 e. The standard InChI is InChI=1S/C17H32N2O2/c1-14(2)16-10-18-17(6-4-3-5-7-17)13-19(16)11-15-12-20-8-9-21-15/h14-16,18H,3-13H2,1-2H3. The smallest absolute Gasteiger partial charge is 0.0936 e. The fraction of sp³-hybridized carbons (Fsp3) is 1.00. The molecule has 0 aromatic heterocycles. The van der Waals surface area contributed by atoms with E-state index in [9.17, 15) is 0 Å². The summed E-state index contributed by atoms with van der Waals surface area (Å²) in [6.45, 7) is 10.3. The third-order valence-electron chi connectivity index (χ3n) is 5.56. The number of hydrogen-bond acceptors (Lipinski definition) is 4. The third-order valence-corrected chi connectivity index (χ3v) is 5.56. The molecule has 3 rings (SSSR count). The molecule has 2 heterocycles. The van der Waals surface area contributed by atoms with Crippen molar-refractivity contribution < 1.29 is 9.47 Å². The summed E-state index contributed by atoms with van der Waals surface area (Å²) in [5, 5.41) is 3.92. The topological polar surface area (TPSA) is 33.7 Å². The molecular weight excluding hydrogens is 264 g/mol. The Morgan fingerprint density at radius 2 is 2.00 bits per heavy atom. The van der Waals surface area contributed by atoms with Crippen molar-refractivity contribution >= 4 is 0 Å². The summed E-state index contributed by atoms with van der Waals surface area (Å²) in [5.41, 5.74) is 0.374. The van der Waals surface area contributed by atoms with Gasteiger partial charge in [0.25, 0.3) is 0 Å². The van der Waals surface area contributed by atoms with Gasteiger partial charge in [-0.2, -0.15) is 0 Å². The SMILES string of the molecule is CC(C)C1CNC2(CCCCC2)CN1CC1COCCO1. The lowest BCUT2D eigenvalue weighted by Crippen LogP contribution is -2.67. The van der Waals surface area contributed by atoms with Gasteiger partial charge >= 0.3 is 0 Å². The second kappa shape index (κ2) is 6.95. The van der Waals surface area contributed by atoms with Crippen LogP contribution in [-0.4, -0.2) is 62.0 Å². The Bertz CT molecular complexity index is 323. The number of nitrogens with zero attached hydrogens (tertiary/aromatic N) is 1. The van der Waals surface area contributed by atoms with Crippen molar-refractivity contribution in [2.75, 3.05) is 39.5 Å². The van der Waals surface area contributed by atoms with Crippen LogP contribution in [0, 0.1) is 5.92 Å². The minimum Gasteiger partial charge on any atom is -0.376 e. The molecule has 1 aliphatic carbocycles. The molecule has 0 aromatic carbocycles. The lowest BCUT2D eigenvalue weighted by atomic mass is 9.78. The van der Waals surface area contributed by atoms with Gasteiger partial charge in [-0.05, 0) is 18.8 Å². The van der Waals surface area contributed by atoms with Crippen molar-refractivity contribution in [3.05, 3.63) is 0 Å². The van der Waals surface area contributed by atoms with E-state index in [0.717, 1.165) is 32.9 Å². The van der Waals surface area contributed by atoms with E-state index in [1.165, 1.54) is 38.6 Å². The summed E-state index contributed by atoms with van der Waals surface area (Å²) in [5.74, 6) is 0.683. The van der Waals surface area contributed by atoms with Gasteiger partial charge in [-0.25, -0.2) is 0 Å². The maximum absolute atomic E-state index is 5.90. The second-order valence-electron chi connectivity index (χ2n) is 7.53. The van der Waals surface area contributed by atoms with Crippen LogP contribution in [0.3, 0.4) is 0 Å². The van der Waals surface area contributed by atoms with Gasteiger partial charge in [0.1, 0.15) is 0 Å². The van der Waals surface area contributed by atoms with Gasteiger partial charge in [0.2, 0.25) is 0 Å². The van der Waals surface area contributed by atoms with E-state index < -0.39 is 0 Å². The first kappa shape index (κ1) is 15.7. The van der Waals surface area contributed by atoms with Crippen molar-refractivity contribution in [1.29, 1.82) is 0 Å². The average Bonchev–Trinajstić information content (AvgIpc) is 2.49. The average molecular weight is 296 g/mol. The molecule has 3 aliphatic rings. The van der Waals surface area contributed by atoms with Crippen molar-refractivity contribution in [3.8, 4) is 0 Å². The van der Waals surface area contributed by atoms with Crippen LogP contribution in [0.15, 0.2) is 0 Å². The fourth-order valence-electron chi connectivity index (χ4n) is 4.34. The Balaban J connectivity index is 1.65. The van der Waals surface area contributed by atoms with Gasteiger partial charge in [0, 0.05) is 31.2 Å². The van der Waals surface area contributed by atoms with Gasteiger partial charge < -0.3 is 14.8 Å². The summed E-state index contributed by atoms with van der Waals surface area (Å²) in [6.07, 6.45) is 7.13. The van der Waals surface area contributed by atoms with Crippen LogP contribution in [-0.2, 0) is 9.47 Å². The molecule has 2 atom stereocenters. The molecule has 1 spiro atoms. The predicted molar refractivity (Wildman–Crippen MR) is 84.6 cm³/mol. The highest BCUT2D eigenvalue weighted by atomic mass is 16.6. The molecule has 122 valence electrons. The summed E-state index contributed by atoms with van der Waals surface area (Å²) in [6, 6.07) is 0.628. The Morgan fingerprint density at radius 3 is 2.67 bits per heavy atom. The Morgan fingerprint density at radius 1 is 1.19 bits per heavy atom. The molecule has 4 heteroatoms. The lowest BCUT2D eigenvalue weighted by Gasteiger charge is -2.51. The van der Waals surface area contributed by atoms with Crippen LogP contribution in [0.1, 0.15) is 46.0 Å². The highest BCUT2D eigenvalue weighted by molar-refractivity contribution is 5.00. The van der Waals surface area contributed by atoms with E-state index in [0.29, 0.717) is 17.5 Å². The molecule has 2 aliphatic heterocycles. The normalized spacial score (nSPS) is 34.4. The first-order valence-corrected chi connectivity index (χ1v) is 8.87. The number of nitrogens with one attached hydrogen (secondary N) is 1. The molecule has 0 bridgehead atoms. The van der Waals surface area contributed by atoms with Gasteiger partial charge in [0.05, 0.1) is 25.9 Å². The molecule has 1 saturated carbocycles. The first-order chi connectivity index (χ1) is 10.2. The van der Waals surface area contributed by atoms with Crippen LogP contribution in [0.4, 0.5) is 0 Å². The zero-order valence-corrected chi connectivity index (χ0v) is 13.8. The van der Waals surface area contributed by atoms with Crippen LogP contribution in [0.2, 0.25) is 0 Å². The van der Waals surface area contributed by atoms with Crippen molar-refractivity contribution in [2.45, 2.75) is 63.6 Å². The van der Waals surface area contributed by atoms with E-state index >= 15 is 0 Å². The quantitative estimate of drug-likeness (QED) is 0.864. The maximum atomic E-state index is 5.90. The number of hydrogen-bond donors (Lipinski definition) is 1. The number of rotatable bonds is 3. The van der Waals surface area contributed by atoms with Crippen molar-refractivity contribution in [2.24, 2.45) is 5.92 Å². The molecular formula is C17H32N2O2. The van der Waals surface area contributed by atoms with Gasteiger partial charge in [-0.3, -0.25) is 4.90 Å². The van der Waals surface area contributed by atoms with Crippen molar-refractivity contribution in [1.82, 2.24) is 10.2 Å². The molecule has 0 amide bonds. The van der Waals surface area contributed by atoms with Gasteiger partial charge in [0.15, 0.2) is 0 Å². The third kappa shape index (κ3) is 3.79. The zero-order chi connectivity index (χ0) is 14.7. The highest BCUT2D eigenvalue weighted by Crippen LogP contribution is 2.33. The maximum Gasteiger partial charge on any atom is 0.0936 e. The number of piperazine rings is 1. The van der Waals surface area contributed by atoms with E-state index in [-0.39, 0.29) is 6.10 Å². The van der Waals surface area contributed by atoms with Crippen LogP contribution >= 0.6 is 0 Å². The highest BCUT2D eigenvalue weighted by Gasteiger charge is 2.41. The van der Waals surface area contributed by atoms with Crippen LogP contribution in [0.5, 0.6) is 0 Å². The van der Waals surface area contributed by atoms with E-state index in [1.54, 1.807) is 0 Å². The zero-order valence-electron chi connectivity index (χ0n) is 13.8. The summed E-state index contributed by atoms with van der Waals surface area (Å²) in [7, 11) is 0. The van der Waals surface area contributed by atoms with E-state index in [2.05, 4.69) is 24.1 Å². The Hall–Kier alpha value is -0.160. The second-order valence-corrected chi connectivity index (χ2v) is 7.53. The predicted octanol–water partition coefficient (Wildman–Crippen LogP) is 2.03. The van der Waals surface area contributed by atoms with E-state index in [1.807, 2.05) is 0 Å². The lowest BCUT2D eigenvalue weighted by molar-refractivity contribution is -0.109. The summed E-state index contributed by atoms with van der Waals surface area (Å²) < 4.78 is 11.5. The molecule has 0 aromatic rings. The first-order valence-electron chi connectivity index (χ1n) is 8.87. The van der Waals surface area contributed by atoms with Gasteiger partial charge in [-0.15, -0.1) is 0 Å². The molecule has 2 saturated heterocycles. The molecule has 4 nitrogen and oxygen atoms in total. The van der Waals surface area contributed by atoms with Crippen LogP contribution < -0.4 is 5.32 Å². The Labute approximate surface area is 129 Å². The molecule has 21 heavy (non-hydrogen) atoms. The number of ether oxygens (including phenoxy) is 2. The molecule has 0 radical (unpaired) electrons. The minimum absolute atomic E-state index is 0.263. The van der Waals surface area contributed by atoms with E-state index in [4.69, 9.17) is 9.47 Å². The van der Waals surface area contributed by atoms with Crippen LogP contribution in [0.25, 0.3) is 0 Å². The summed E-state index contributed by atoms with van der Waals surface area (Å²) >= 11 is 0. The Kier molecular flexibility index (Phi) is 5.20.